The maximum atomic E-state index is 10.1. The van der Waals surface area contributed by atoms with Gasteiger partial charge in [0.15, 0.2) is 0 Å². The van der Waals surface area contributed by atoms with Gasteiger partial charge in [0, 0.05) is 19.1 Å². The van der Waals surface area contributed by atoms with Crippen LogP contribution in [0.5, 0.6) is 5.75 Å². The lowest BCUT2D eigenvalue weighted by Crippen LogP contribution is -2.39. The monoisotopic (exact) mass is 295 g/mol. The molecule has 1 rings (SSSR count). The molecule has 0 spiro atoms. The molecule has 1 unspecified atom stereocenters. The molecule has 21 heavy (non-hydrogen) atoms. The quantitative estimate of drug-likeness (QED) is 0.760. The summed E-state index contributed by atoms with van der Waals surface area (Å²) < 4.78 is 10.6. The average Bonchev–Trinajstić information content (AvgIpc) is 2.45. The Morgan fingerprint density at radius 1 is 1.10 bits per heavy atom. The first-order chi connectivity index (χ1) is 9.92. The number of aliphatic hydroxyl groups is 1. The Kier molecular flexibility index (Phi) is 7.72. The predicted octanol–water partition coefficient (Wildman–Crippen LogP) is 2.69. The first-order valence-corrected chi connectivity index (χ1v) is 7.59. The van der Waals surface area contributed by atoms with Gasteiger partial charge in [0.05, 0.1) is 25.9 Å². The van der Waals surface area contributed by atoms with E-state index in [4.69, 9.17) is 9.47 Å². The molecule has 4 heteroatoms. The van der Waals surface area contributed by atoms with Crippen LogP contribution in [-0.2, 0) is 11.3 Å². The van der Waals surface area contributed by atoms with E-state index in [-0.39, 0.29) is 6.10 Å². The zero-order chi connectivity index (χ0) is 15.8. The van der Waals surface area contributed by atoms with E-state index in [0.29, 0.717) is 19.2 Å². The summed E-state index contributed by atoms with van der Waals surface area (Å²) in [5.41, 5.74) is 1.21. The Morgan fingerprint density at radius 3 is 2.19 bits per heavy atom. The molecule has 0 saturated heterocycles. The Labute approximate surface area is 128 Å². The summed E-state index contributed by atoms with van der Waals surface area (Å²) in [5.74, 6) is 0.861. The molecule has 0 fully saturated rings. The van der Waals surface area contributed by atoms with Gasteiger partial charge in [-0.3, -0.25) is 4.90 Å². The molecule has 0 bridgehead atoms. The second-order valence-electron chi connectivity index (χ2n) is 5.91. The summed E-state index contributed by atoms with van der Waals surface area (Å²) in [5, 5.41) is 10.1. The summed E-state index contributed by atoms with van der Waals surface area (Å²) >= 11 is 0. The summed E-state index contributed by atoms with van der Waals surface area (Å²) in [6.45, 7) is 10.0. The second kappa shape index (κ2) is 9.03. The van der Waals surface area contributed by atoms with Crippen LogP contribution in [0.1, 0.15) is 33.3 Å². The van der Waals surface area contributed by atoms with Gasteiger partial charge in [0.1, 0.15) is 5.75 Å². The van der Waals surface area contributed by atoms with E-state index in [1.165, 1.54) is 5.56 Å². The van der Waals surface area contributed by atoms with Crippen molar-refractivity contribution >= 4 is 0 Å². The molecule has 0 saturated carbocycles. The predicted molar refractivity (Wildman–Crippen MR) is 85.6 cm³/mol. The minimum atomic E-state index is -0.465. The maximum Gasteiger partial charge on any atom is 0.118 e. The van der Waals surface area contributed by atoms with Crippen LogP contribution in [0.2, 0.25) is 0 Å². The van der Waals surface area contributed by atoms with Crippen LogP contribution in [0.3, 0.4) is 0 Å². The molecule has 0 radical (unpaired) electrons. The highest BCUT2D eigenvalue weighted by Crippen LogP contribution is 2.14. The van der Waals surface area contributed by atoms with E-state index in [1.54, 1.807) is 7.11 Å². The van der Waals surface area contributed by atoms with Crippen molar-refractivity contribution in [3.8, 4) is 5.75 Å². The van der Waals surface area contributed by atoms with Gasteiger partial charge in [-0.25, -0.2) is 0 Å². The number of methoxy groups -OCH3 is 1. The maximum absolute atomic E-state index is 10.1. The fraction of sp³-hybridized carbons (Fsp3) is 0.647. The van der Waals surface area contributed by atoms with Crippen molar-refractivity contribution in [2.24, 2.45) is 0 Å². The number of hydrogen-bond donors (Lipinski definition) is 1. The molecule has 120 valence electrons. The van der Waals surface area contributed by atoms with Gasteiger partial charge in [-0.05, 0) is 45.4 Å². The van der Waals surface area contributed by atoms with Gasteiger partial charge in [-0.15, -0.1) is 0 Å². The van der Waals surface area contributed by atoms with Crippen molar-refractivity contribution in [3.63, 3.8) is 0 Å². The molecule has 1 N–H and O–H groups in total. The van der Waals surface area contributed by atoms with Crippen LogP contribution in [-0.4, -0.2) is 48.5 Å². The Balaban J connectivity index is 2.56. The van der Waals surface area contributed by atoms with E-state index < -0.39 is 6.10 Å². The normalized spacial score (nSPS) is 13.2. The first kappa shape index (κ1) is 18.0. The average molecular weight is 295 g/mol. The molecular weight excluding hydrogens is 266 g/mol. The number of ether oxygens (including phenoxy) is 2. The van der Waals surface area contributed by atoms with E-state index in [2.05, 4.69) is 30.9 Å². The van der Waals surface area contributed by atoms with Gasteiger partial charge >= 0.3 is 0 Å². The highest BCUT2D eigenvalue weighted by atomic mass is 16.5. The molecule has 0 aliphatic heterocycles. The fourth-order valence-corrected chi connectivity index (χ4v) is 2.05. The molecule has 0 heterocycles. The number of aliphatic hydroxyl groups excluding tert-OH is 1. The van der Waals surface area contributed by atoms with Crippen molar-refractivity contribution < 1.29 is 14.6 Å². The first-order valence-electron chi connectivity index (χ1n) is 7.59. The second-order valence-corrected chi connectivity index (χ2v) is 5.91. The topological polar surface area (TPSA) is 41.9 Å². The lowest BCUT2D eigenvalue weighted by atomic mass is 10.1. The Morgan fingerprint density at radius 2 is 1.71 bits per heavy atom. The van der Waals surface area contributed by atoms with Crippen LogP contribution in [0, 0.1) is 0 Å². The summed E-state index contributed by atoms with van der Waals surface area (Å²) in [6.07, 6.45) is -0.318. The van der Waals surface area contributed by atoms with Crippen molar-refractivity contribution in [3.05, 3.63) is 29.8 Å². The molecule has 4 nitrogen and oxygen atoms in total. The zero-order valence-electron chi connectivity index (χ0n) is 13.9. The van der Waals surface area contributed by atoms with Crippen molar-refractivity contribution in [2.45, 2.75) is 52.5 Å². The minimum absolute atomic E-state index is 0.147. The SMILES string of the molecule is COc1ccc(CN(CC(O)COC(C)C)C(C)C)cc1. The number of hydrogen-bond acceptors (Lipinski definition) is 4. The van der Waals surface area contributed by atoms with Crippen LogP contribution >= 0.6 is 0 Å². The Bertz CT molecular complexity index is 390. The summed E-state index contributed by atoms with van der Waals surface area (Å²) in [6, 6.07) is 8.41. The molecule has 1 atom stereocenters. The lowest BCUT2D eigenvalue weighted by Gasteiger charge is -2.29. The third-order valence-corrected chi connectivity index (χ3v) is 3.34. The zero-order valence-corrected chi connectivity index (χ0v) is 13.9. The number of nitrogens with zero attached hydrogens (tertiary/aromatic N) is 1. The summed E-state index contributed by atoms with van der Waals surface area (Å²) in [7, 11) is 1.67. The van der Waals surface area contributed by atoms with Crippen LogP contribution < -0.4 is 4.74 Å². The molecule has 0 aromatic heterocycles. The summed E-state index contributed by atoms with van der Waals surface area (Å²) in [4.78, 5) is 2.25. The van der Waals surface area contributed by atoms with E-state index in [9.17, 15) is 5.11 Å². The van der Waals surface area contributed by atoms with E-state index >= 15 is 0 Å². The lowest BCUT2D eigenvalue weighted by molar-refractivity contribution is -0.0136. The third-order valence-electron chi connectivity index (χ3n) is 3.34. The molecular formula is C17H29NO3. The van der Waals surface area contributed by atoms with Crippen molar-refractivity contribution in [2.75, 3.05) is 20.3 Å². The number of rotatable bonds is 9. The van der Waals surface area contributed by atoms with Gasteiger partial charge in [-0.2, -0.15) is 0 Å². The molecule has 0 aliphatic carbocycles. The van der Waals surface area contributed by atoms with E-state index in [1.807, 2.05) is 26.0 Å². The standard InChI is InChI=1S/C17H29NO3/c1-13(2)18(11-16(19)12-21-14(3)4)10-15-6-8-17(20-5)9-7-15/h6-9,13-14,16,19H,10-12H2,1-5H3. The van der Waals surface area contributed by atoms with Gasteiger partial charge in [0.2, 0.25) is 0 Å². The smallest absolute Gasteiger partial charge is 0.118 e. The molecule has 0 aliphatic rings. The number of benzene rings is 1. The molecule has 1 aromatic carbocycles. The fourth-order valence-electron chi connectivity index (χ4n) is 2.05. The largest absolute Gasteiger partial charge is 0.497 e. The minimum Gasteiger partial charge on any atom is -0.497 e. The van der Waals surface area contributed by atoms with Crippen molar-refractivity contribution in [1.29, 1.82) is 0 Å². The van der Waals surface area contributed by atoms with E-state index in [0.717, 1.165) is 12.3 Å². The van der Waals surface area contributed by atoms with Gasteiger partial charge in [-0.1, -0.05) is 12.1 Å². The van der Waals surface area contributed by atoms with Crippen LogP contribution in [0.15, 0.2) is 24.3 Å². The highest BCUT2D eigenvalue weighted by molar-refractivity contribution is 5.27. The van der Waals surface area contributed by atoms with Gasteiger partial charge in [0.25, 0.3) is 0 Å². The third kappa shape index (κ3) is 6.93. The Hall–Kier alpha value is -1.10. The van der Waals surface area contributed by atoms with Crippen molar-refractivity contribution in [1.82, 2.24) is 4.90 Å². The molecule has 1 aromatic rings. The highest BCUT2D eigenvalue weighted by Gasteiger charge is 2.16. The molecule has 0 amide bonds. The van der Waals surface area contributed by atoms with Crippen LogP contribution in [0.4, 0.5) is 0 Å². The van der Waals surface area contributed by atoms with Gasteiger partial charge < -0.3 is 14.6 Å². The van der Waals surface area contributed by atoms with Crippen LogP contribution in [0.25, 0.3) is 0 Å².